The number of rotatable bonds is 1. The predicted octanol–water partition coefficient (Wildman–Crippen LogP) is -1.21. The molecular formula is C8H12BNO3. The van der Waals surface area contributed by atoms with Crippen molar-refractivity contribution in [2.24, 2.45) is 0 Å². The lowest BCUT2D eigenvalue weighted by molar-refractivity contribution is -0.114. The highest BCUT2D eigenvalue weighted by molar-refractivity contribution is 6.32. The average Bonchev–Trinajstić information content (AvgIpc) is 1.85. The van der Waals surface area contributed by atoms with Crippen molar-refractivity contribution in [1.29, 1.82) is 0 Å². The quantitative estimate of drug-likeness (QED) is 0.540. The Balaban J connectivity index is 0. The average molecular weight is 181 g/mol. The molecule has 0 aliphatic rings. The van der Waals surface area contributed by atoms with E-state index in [2.05, 4.69) is 5.32 Å². The van der Waals surface area contributed by atoms with Crippen molar-refractivity contribution in [1.82, 2.24) is 0 Å². The second-order valence-electron chi connectivity index (χ2n) is 2.31. The number of carbonyl (C=O) groups excluding carboxylic acids is 1. The van der Waals surface area contributed by atoms with E-state index in [1.54, 1.807) is 24.3 Å². The first-order valence-electron chi connectivity index (χ1n) is 3.31. The standard InChI is InChI=1S/C8H8BNO.2H2O/c1-6(11)10-8-4-2-3-7(9)5-8;;/h2-5H,1H3,(H,10,11);2*1H2. The number of carbonyl (C=O) groups is 1. The molecule has 1 aromatic carbocycles. The lowest BCUT2D eigenvalue weighted by Crippen LogP contribution is -2.09. The van der Waals surface area contributed by atoms with E-state index >= 15 is 0 Å². The number of hydrogen-bond donors (Lipinski definition) is 1. The molecule has 70 valence electrons. The van der Waals surface area contributed by atoms with E-state index in [0.29, 0.717) is 5.46 Å². The number of benzene rings is 1. The van der Waals surface area contributed by atoms with Crippen LogP contribution in [0.25, 0.3) is 0 Å². The van der Waals surface area contributed by atoms with Gasteiger partial charge in [0, 0.05) is 12.6 Å². The Kier molecular flexibility index (Phi) is 6.80. The summed E-state index contributed by atoms with van der Waals surface area (Å²) in [5.74, 6) is -0.0874. The highest BCUT2D eigenvalue weighted by Crippen LogP contribution is 2.01. The van der Waals surface area contributed by atoms with E-state index in [9.17, 15) is 4.79 Å². The summed E-state index contributed by atoms with van der Waals surface area (Å²) < 4.78 is 0. The summed E-state index contributed by atoms with van der Waals surface area (Å²) in [6.07, 6.45) is 0. The zero-order chi connectivity index (χ0) is 8.27. The van der Waals surface area contributed by atoms with Crippen LogP contribution in [0.1, 0.15) is 6.92 Å². The van der Waals surface area contributed by atoms with Crippen LogP contribution in [0.3, 0.4) is 0 Å². The zero-order valence-electron chi connectivity index (χ0n) is 7.29. The summed E-state index contributed by atoms with van der Waals surface area (Å²) in [6, 6.07) is 7.06. The van der Waals surface area contributed by atoms with E-state index in [1.165, 1.54) is 6.92 Å². The lowest BCUT2D eigenvalue weighted by Gasteiger charge is -2.01. The Morgan fingerprint density at radius 1 is 1.38 bits per heavy atom. The van der Waals surface area contributed by atoms with Crippen LogP contribution in [-0.2, 0) is 4.79 Å². The van der Waals surface area contributed by atoms with Gasteiger partial charge in [-0.1, -0.05) is 17.6 Å². The Hall–Kier alpha value is -1.33. The molecular weight excluding hydrogens is 169 g/mol. The summed E-state index contributed by atoms with van der Waals surface area (Å²) in [5.41, 5.74) is 1.38. The molecule has 4 nitrogen and oxygen atoms in total. The fourth-order valence-electron chi connectivity index (χ4n) is 0.820. The molecule has 0 aliphatic heterocycles. The first-order valence-corrected chi connectivity index (χ1v) is 3.31. The van der Waals surface area contributed by atoms with Gasteiger partial charge in [0.2, 0.25) is 5.91 Å². The van der Waals surface area contributed by atoms with Gasteiger partial charge in [-0.2, -0.15) is 0 Å². The molecule has 1 rings (SSSR count). The maximum Gasteiger partial charge on any atom is 0.221 e. The minimum atomic E-state index is -0.0874. The topological polar surface area (TPSA) is 92.1 Å². The lowest BCUT2D eigenvalue weighted by atomic mass is 9.96. The molecule has 0 saturated heterocycles. The van der Waals surface area contributed by atoms with E-state index < -0.39 is 0 Å². The molecule has 5 heteroatoms. The maximum absolute atomic E-state index is 10.6. The molecule has 5 N–H and O–H groups in total. The third-order valence-corrected chi connectivity index (χ3v) is 1.21. The number of amides is 1. The molecule has 0 heterocycles. The van der Waals surface area contributed by atoms with Gasteiger partial charge in [-0.05, 0) is 12.1 Å². The predicted molar refractivity (Wildman–Crippen MR) is 53.4 cm³/mol. The van der Waals surface area contributed by atoms with E-state index in [4.69, 9.17) is 7.85 Å². The Morgan fingerprint density at radius 2 is 2.00 bits per heavy atom. The molecule has 0 saturated carbocycles. The second-order valence-corrected chi connectivity index (χ2v) is 2.31. The van der Waals surface area contributed by atoms with Gasteiger partial charge in [0.05, 0.1) is 0 Å². The van der Waals surface area contributed by atoms with Gasteiger partial charge < -0.3 is 16.3 Å². The summed E-state index contributed by atoms with van der Waals surface area (Å²) in [5, 5.41) is 2.63. The van der Waals surface area contributed by atoms with Crippen LogP contribution in [0.5, 0.6) is 0 Å². The Morgan fingerprint density at radius 3 is 2.46 bits per heavy atom. The molecule has 0 spiro atoms. The molecule has 0 fully saturated rings. The second kappa shape index (κ2) is 6.22. The van der Waals surface area contributed by atoms with Crippen molar-refractivity contribution in [3.05, 3.63) is 24.3 Å². The summed E-state index contributed by atoms with van der Waals surface area (Å²) >= 11 is 0. The van der Waals surface area contributed by atoms with Crippen molar-refractivity contribution >= 4 is 24.9 Å². The summed E-state index contributed by atoms with van der Waals surface area (Å²) in [4.78, 5) is 10.6. The minimum Gasteiger partial charge on any atom is -0.412 e. The Bertz CT molecular complexity index is 278. The van der Waals surface area contributed by atoms with Crippen molar-refractivity contribution in [2.45, 2.75) is 6.92 Å². The van der Waals surface area contributed by atoms with Gasteiger partial charge in [0.15, 0.2) is 0 Å². The van der Waals surface area contributed by atoms with Crippen molar-refractivity contribution in [3.63, 3.8) is 0 Å². The molecule has 0 unspecified atom stereocenters. The van der Waals surface area contributed by atoms with Crippen LogP contribution >= 0.6 is 0 Å². The van der Waals surface area contributed by atoms with E-state index in [1.807, 2.05) is 0 Å². The van der Waals surface area contributed by atoms with Crippen molar-refractivity contribution in [3.8, 4) is 0 Å². The largest absolute Gasteiger partial charge is 0.412 e. The first-order chi connectivity index (χ1) is 5.18. The van der Waals surface area contributed by atoms with Crippen LogP contribution in [-0.4, -0.2) is 24.7 Å². The first kappa shape index (κ1) is 14.2. The minimum absolute atomic E-state index is 0. The van der Waals surface area contributed by atoms with Gasteiger partial charge in [0.1, 0.15) is 7.85 Å². The monoisotopic (exact) mass is 181 g/mol. The van der Waals surface area contributed by atoms with Crippen LogP contribution in [0.4, 0.5) is 5.69 Å². The van der Waals surface area contributed by atoms with Crippen molar-refractivity contribution < 1.29 is 15.7 Å². The van der Waals surface area contributed by atoms with Gasteiger partial charge in [-0.15, -0.1) is 0 Å². The molecule has 0 aliphatic carbocycles. The third-order valence-electron chi connectivity index (χ3n) is 1.21. The molecule has 13 heavy (non-hydrogen) atoms. The normalized spacial score (nSPS) is 7.77. The van der Waals surface area contributed by atoms with Crippen LogP contribution in [0.15, 0.2) is 24.3 Å². The smallest absolute Gasteiger partial charge is 0.221 e. The highest BCUT2D eigenvalue weighted by atomic mass is 16.1. The highest BCUT2D eigenvalue weighted by Gasteiger charge is 1.92. The molecule has 0 aromatic heterocycles. The summed E-state index contributed by atoms with van der Waals surface area (Å²) in [7, 11) is 5.48. The van der Waals surface area contributed by atoms with E-state index in [-0.39, 0.29) is 16.9 Å². The van der Waals surface area contributed by atoms with Crippen LogP contribution in [0.2, 0.25) is 0 Å². The fraction of sp³-hybridized carbons (Fsp3) is 0.125. The van der Waals surface area contributed by atoms with Gasteiger partial charge >= 0.3 is 0 Å². The molecule has 0 bridgehead atoms. The number of hydrogen-bond acceptors (Lipinski definition) is 1. The SMILES string of the molecule is O.O.[B]c1cccc(NC(C)=O)c1. The molecule has 1 aromatic rings. The third kappa shape index (κ3) is 5.00. The Labute approximate surface area is 78.0 Å². The van der Waals surface area contributed by atoms with Gasteiger partial charge in [0.25, 0.3) is 0 Å². The molecule has 2 radical (unpaired) electrons. The van der Waals surface area contributed by atoms with Crippen molar-refractivity contribution in [2.75, 3.05) is 5.32 Å². The van der Waals surface area contributed by atoms with Crippen LogP contribution in [0, 0.1) is 0 Å². The summed E-state index contributed by atoms with van der Waals surface area (Å²) in [6.45, 7) is 1.46. The van der Waals surface area contributed by atoms with Gasteiger partial charge in [-0.3, -0.25) is 4.79 Å². The number of anilines is 1. The maximum atomic E-state index is 10.6. The van der Waals surface area contributed by atoms with Crippen LogP contribution < -0.4 is 10.8 Å². The zero-order valence-corrected chi connectivity index (χ0v) is 7.29. The van der Waals surface area contributed by atoms with Gasteiger partial charge in [-0.25, -0.2) is 0 Å². The molecule has 1 amide bonds. The van der Waals surface area contributed by atoms with E-state index in [0.717, 1.165) is 5.69 Å². The number of nitrogens with one attached hydrogen (secondary N) is 1. The molecule has 0 atom stereocenters. The fourth-order valence-corrected chi connectivity index (χ4v) is 0.820.